The second kappa shape index (κ2) is 6.70. The van der Waals surface area contributed by atoms with Crippen LogP contribution >= 0.6 is 22.9 Å². The van der Waals surface area contributed by atoms with Gasteiger partial charge in [0.2, 0.25) is 5.13 Å². The number of hydrogen-bond acceptors (Lipinski definition) is 4. The molecule has 0 aliphatic rings. The maximum absolute atomic E-state index is 5.95. The topological polar surface area (TPSA) is 53.1 Å². The summed E-state index contributed by atoms with van der Waals surface area (Å²) in [7, 11) is 0. The van der Waals surface area contributed by atoms with Gasteiger partial charge in [-0.05, 0) is 25.1 Å². The van der Waals surface area contributed by atoms with E-state index in [9.17, 15) is 0 Å². The molecule has 2 heterocycles. The lowest BCUT2D eigenvalue weighted by Gasteiger charge is -1.98. The summed E-state index contributed by atoms with van der Waals surface area (Å²) in [6.07, 6.45) is 3.75. The minimum atomic E-state index is 0.721. The van der Waals surface area contributed by atoms with Crippen LogP contribution < -0.4 is 5.43 Å². The molecule has 6 heteroatoms. The van der Waals surface area contributed by atoms with Crippen molar-refractivity contribution >= 4 is 45.2 Å². The van der Waals surface area contributed by atoms with E-state index in [1.807, 2.05) is 48.7 Å². The molecule has 2 N–H and O–H groups in total. The van der Waals surface area contributed by atoms with Crippen LogP contribution in [0.4, 0.5) is 5.13 Å². The average Bonchev–Trinajstić information content (AvgIpc) is 3.20. The quantitative estimate of drug-likeness (QED) is 0.359. The van der Waals surface area contributed by atoms with Gasteiger partial charge in [-0.15, -0.1) is 11.3 Å². The fourth-order valence-electron chi connectivity index (χ4n) is 2.68. The van der Waals surface area contributed by atoms with E-state index < -0.39 is 0 Å². The maximum Gasteiger partial charge on any atom is 0.204 e. The highest BCUT2D eigenvalue weighted by atomic mass is 35.5. The maximum atomic E-state index is 5.95. The number of halogens is 1. The number of aromatic amines is 1. The molecule has 0 unspecified atom stereocenters. The molecule has 0 spiro atoms. The first-order valence-electron chi connectivity index (χ1n) is 7.79. The average molecular weight is 367 g/mol. The second-order valence-electron chi connectivity index (χ2n) is 5.59. The van der Waals surface area contributed by atoms with Gasteiger partial charge in [-0.2, -0.15) is 5.10 Å². The number of aryl methyl sites for hydroxylation is 1. The smallest absolute Gasteiger partial charge is 0.204 e. The van der Waals surface area contributed by atoms with Crippen molar-refractivity contribution in [2.24, 2.45) is 5.10 Å². The van der Waals surface area contributed by atoms with Crippen molar-refractivity contribution in [3.63, 3.8) is 0 Å². The van der Waals surface area contributed by atoms with Crippen LogP contribution in [0.25, 0.3) is 22.2 Å². The van der Waals surface area contributed by atoms with E-state index in [2.05, 4.69) is 33.5 Å². The third-order valence-electron chi connectivity index (χ3n) is 3.90. The molecule has 0 saturated carbocycles. The minimum absolute atomic E-state index is 0.721. The molecule has 0 aliphatic carbocycles. The number of hydrazone groups is 1. The molecular formula is C19H15ClN4S. The number of benzene rings is 2. The summed E-state index contributed by atoms with van der Waals surface area (Å²) in [5, 5.41) is 6.96. The van der Waals surface area contributed by atoms with Crippen LogP contribution in [0.3, 0.4) is 0 Å². The molecule has 0 amide bonds. The zero-order valence-electron chi connectivity index (χ0n) is 13.5. The number of nitrogens with one attached hydrogen (secondary N) is 2. The second-order valence-corrected chi connectivity index (χ2v) is 7.23. The molecule has 25 heavy (non-hydrogen) atoms. The van der Waals surface area contributed by atoms with E-state index in [1.54, 1.807) is 17.6 Å². The van der Waals surface area contributed by atoms with Gasteiger partial charge in [0.1, 0.15) is 0 Å². The normalized spacial score (nSPS) is 11.4. The van der Waals surface area contributed by atoms with Crippen LogP contribution in [0.1, 0.15) is 10.4 Å². The van der Waals surface area contributed by atoms with Crippen molar-refractivity contribution in [3.05, 3.63) is 70.2 Å². The Morgan fingerprint density at radius 1 is 1.16 bits per heavy atom. The van der Waals surface area contributed by atoms with E-state index in [1.165, 1.54) is 0 Å². The molecule has 2 aromatic heterocycles. The predicted molar refractivity (Wildman–Crippen MR) is 107 cm³/mol. The summed E-state index contributed by atoms with van der Waals surface area (Å²) in [6, 6.07) is 15.8. The van der Waals surface area contributed by atoms with Gasteiger partial charge >= 0.3 is 0 Å². The largest absolute Gasteiger partial charge is 0.361 e. The van der Waals surface area contributed by atoms with Crippen LogP contribution in [0.5, 0.6) is 0 Å². The number of hydrogen-bond donors (Lipinski definition) is 2. The highest BCUT2D eigenvalue weighted by molar-refractivity contribution is 7.15. The van der Waals surface area contributed by atoms with Gasteiger partial charge in [-0.3, -0.25) is 5.43 Å². The Labute approximate surface area is 154 Å². The molecule has 2 aromatic carbocycles. The van der Waals surface area contributed by atoms with Crippen LogP contribution in [-0.4, -0.2) is 16.2 Å². The van der Waals surface area contributed by atoms with Gasteiger partial charge < -0.3 is 4.98 Å². The summed E-state index contributed by atoms with van der Waals surface area (Å²) < 4.78 is 0. The third-order valence-corrected chi connectivity index (χ3v) is 5.03. The first-order chi connectivity index (χ1) is 12.2. The van der Waals surface area contributed by atoms with E-state index in [0.29, 0.717) is 0 Å². The number of fused-ring (bicyclic) bond motifs is 1. The molecule has 0 radical (unpaired) electrons. The summed E-state index contributed by atoms with van der Waals surface area (Å²) in [6.45, 7) is 2.05. The monoisotopic (exact) mass is 366 g/mol. The Morgan fingerprint density at radius 3 is 2.80 bits per heavy atom. The van der Waals surface area contributed by atoms with Crippen LogP contribution in [0.2, 0.25) is 5.02 Å². The van der Waals surface area contributed by atoms with Gasteiger partial charge in [0.05, 0.1) is 11.9 Å². The molecule has 4 rings (SSSR count). The highest BCUT2D eigenvalue weighted by Crippen LogP contribution is 2.31. The lowest BCUT2D eigenvalue weighted by atomic mass is 10.1. The molecule has 0 atom stereocenters. The number of aromatic nitrogens is 2. The number of para-hydroxylation sites is 1. The van der Waals surface area contributed by atoms with Gasteiger partial charge in [0, 0.05) is 38.1 Å². The Balaban J connectivity index is 1.53. The molecule has 4 nitrogen and oxygen atoms in total. The summed E-state index contributed by atoms with van der Waals surface area (Å²) in [5.74, 6) is 0. The molecule has 0 bridgehead atoms. The van der Waals surface area contributed by atoms with Crippen LogP contribution in [0.15, 0.2) is 59.8 Å². The van der Waals surface area contributed by atoms with E-state index >= 15 is 0 Å². The fourth-order valence-corrected chi connectivity index (χ4v) is 3.59. The molecule has 0 fully saturated rings. The third kappa shape index (κ3) is 3.29. The summed E-state index contributed by atoms with van der Waals surface area (Å²) >= 11 is 7.53. The van der Waals surface area contributed by atoms with Crippen molar-refractivity contribution in [2.75, 3.05) is 5.43 Å². The van der Waals surface area contributed by atoms with Crippen molar-refractivity contribution in [3.8, 4) is 11.3 Å². The molecule has 124 valence electrons. The van der Waals surface area contributed by atoms with Gasteiger partial charge in [-0.1, -0.05) is 41.9 Å². The SMILES string of the molecule is Cc1sc(N/N=C/c2c[nH]c3ccccc23)nc1-c1ccc(Cl)cc1. The lowest BCUT2D eigenvalue weighted by Crippen LogP contribution is -1.89. The summed E-state index contributed by atoms with van der Waals surface area (Å²) in [5.41, 5.74) is 7.16. The molecule has 4 aromatic rings. The van der Waals surface area contributed by atoms with Crippen molar-refractivity contribution in [2.45, 2.75) is 6.92 Å². The first kappa shape index (κ1) is 15.9. The Kier molecular flexibility index (Phi) is 4.26. The fraction of sp³-hybridized carbons (Fsp3) is 0.0526. The Bertz CT molecular complexity index is 1050. The van der Waals surface area contributed by atoms with Crippen molar-refractivity contribution < 1.29 is 0 Å². The number of thiazole rings is 1. The summed E-state index contributed by atoms with van der Waals surface area (Å²) in [4.78, 5) is 9.00. The zero-order chi connectivity index (χ0) is 17.2. The Morgan fingerprint density at radius 2 is 1.96 bits per heavy atom. The Hall–Kier alpha value is -2.63. The van der Waals surface area contributed by atoms with E-state index in [-0.39, 0.29) is 0 Å². The standard InChI is InChI=1S/C19H15ClN4S/c1-12-18(13-6-8-15(20)9-7-13)23-19(25-12)24-22-11-14-10-21-17-5-3-2-4-16(14)17/h2-11,21H,1H3,(H,23,24)/b22-11+. The molecule has 0 aliphatic heterocycles. The first-order valence-corrected chi connectivity index (χ1v) is 8.99. The van der Waals surface area contributed by atoms with Gasteiger partial charge in [0.25, 0.3) is 0 Å². The molecular weight excluding hydrogens is 352 g/mol. The minimum Gasteiger partial charge on any atom is -0.361 e. The number of anilines is 1. The van der Waals surface area contributed by atoms with Gasteiger partial charge in [-0.25, -0.2) is 4.98 Å². The van der Waals surface area contributed by atoms with Crippen molar-refractivity contribution in [1.82, 2.24) is 9.97 Å². The number of rotatable bonds is 4. The lowest BCUT2D eigenvalue weighted by molar-refractivity contribution is 1.28. The van der Waals surface area contributed by atoms with E-state index in [0.717, 1.165) is 42.8 Å². The molecule has 0 saturated heterocycles. The zero-order valence-corrected chi connectivity index (χ0v) is 15.0. The predicted octanol–water partition coefficient (Wildman–Crippen LogP) is 5.70. The van der Waals surface area contributed by atoms with E-state index in [4.69, 9.17) is 11.6 Å². The number of H-pyrrole nitrogens is 1. The number of nitrogens with zero attached hydrogens (tertiary/aromatic N) is 2. The highest BCUT2D eigenvalue weighted by Gasteiger charge is 2.09. The van der Waals surface area contributed by atoms with Gasteiger partial charge in [0.15, 0.2) is 0 Å². The van der Waals surface area contributed by atoms with Crippen LogP contribution in [-0.2, 0) is 0 Å². The van der Waals surface area contributed by atoms with Crippen molar-refractivity contribution in [1.29, 1.82) is 0 Å². The van der Waals surface area contributed by atoms with Crippen LogP contribution in [0, 0.1) is 6.92 Å².